The highest BCUT2D eigenvalue weighted by molar-refractivity contribution is 6.36. The lowest BCUT2D eigenvalue weighted by Crippen LogP contribution is -2.03. The molecule has 3 aromatic rings. The first-order valence-corrected chi connectivity index (χ1v) is 7.76. The van der Waals surface area contributed by atoms with Crippen LogP contribution in [0.15, 0.2) is 60.7 Å². The Hall–Kier alpha value is -2.01. The number of nitrogens with zero attached hydrogens (tertiary/aromatic N) is 1. The second-order valence-electron chi connectivity index (χ2n) is 5.16. The van der Waals surface area contributed by atoms with Gasteiger partial charge >= 0.3 is 0 Å². The normalized spacial score (nSPS) is 12.0. The molecule has 0 N–H and O–H groups in total. The molecule has 0 heterocycles. The molecule has 0 aromatic heterocycles. The molecule has 0 aliphatic heterocycles. The molecule has 0 radical (unpaired) electrons. The van der Waals surface area contributed by atoms with E-state index in [2.05, 4.69) is 30.3 Å². The third-order valence-electron chi connectivity index (χ3n) is 3.81. The van der Waals surface area contributed by atoms with E-state index in [-0.39, 0.29) is 5.92 Å². The molecular formula is C19H13Cl2N. The van der Waals surface area contributed by atoms with Gasteiger partial charge < -0.3 is 0 Å². The van der Waals surface area contributed by atoms with E-state index in [4.69, 9.17) is 23.2 Å². The monoisotopic (exact) mass is 325 g/mol. The van der Waals surface area contributed by atoms with Crippen LogP contribution in [-0.4, -0.2) is 0 Å². The van der Waals surface area contributed by atoms with Crippen LogP contribution in [0.1, 0.15) is 17.0 Å². The molecule has 108 valence electrons. The summed E-state index contributed by atoms with van der Waals surface area (Å²) in [6.07, 6.45) is 0.585. The van der Waals surface area contributed by atoms with Crippen LogP contribution in [-0.2, 0) is 6.42 Å². The summed E-state index contributed by atoms with van der Waals surface area (Å²) in [5, 5.41) is 13.0. The standard InChI is InChI=1S/C19H13Cl2N/c20-17-9-4-10-18(21)19(17)15(12-22)11-14-7-3-6-13-5-1-2-8-16(13)14/h1-10,15H,11H2. The number of hydrogen-bond donors (Lipinski definition) is 0. The zero-order chi connectivity index (χ0) is 15.5. The number of fused-ring (bicyclic) bond motifs is 1. The molecule has 0 saturated heterocycles. The Morgan fingerprint density at radius 1 is 0.864 bits per heavy atom. The van der Waals surface area contributed by atoms with Gasteiger partial charge in [0.25, 0.3) is 0 Å². The quantitative estimate of drug-likeness (QED) is 0.579. The van der Waals surface area contributed by atoms with E-state index in [1.54, 1.807) is 18.2 Å². The van der Waals surface area contributed by atoms with E-state index in [0.717, 1.165) is 10.9 Å². The summed E-state index contributed by atoms with van der Waals surface area (Å²) < 4.78 is 0. The summed E-state index contributed by atoms with van der Waals surface area (Å²) >= 11 is 12.5. The largest absolute Gasteiger partial charge is 0.198 e. The average Bonchev–Trinajstić information content (AvgIpc) is 2.54. The van der Waals surface area contributed by atoms with Crippen LogP contribution in [0.4, 0.5) is 0 Å². The van der Waals surface area contributed by atoms with Gasteiger partial charge in [-0.15, -0.1) is 0 Å². The van der Waals surface area contributed by atoms with Crippen LogP contribution in [0.2, 0.25) is 10.0 Å². The van der Waals surface area contributed by atoms with E-state index in [9.17, 15) is 5.26 Å². The van der Waals surface area contributed by atoms with Gasteiger partial charge in [-0.25, -0.2) is 0 Å². The fraction of sp³-hybridized carbons (Fsp3) is 0.105. The predicted octanol–water partition coefficient (Wildman–Crippen LogP) is 6.00. The minimum absolute atomic E-state index is 0.369. The van der Waals surface area contributed by atoms with E-state index >= 15 is 0 Å². The molecule has 1 atom stereocenters. The Morgan fingerprint density at radius 3 is 2.23 bits per heavy atom. The van der Waals surface area contributed by atoms with E-state index < -0.39 is 0 Å². The van der Waals surface area contributed by atoms with Crippen molar-refractivity contribution in [1.82, 2.24) is 0 Å². The molecular weight excluding hydrogens is 313 g/mol. The topological polar surface area (TPSA) is 23.8 Å². The molecule has 0 fully saturated rings. The van der Waals surface area contributed by atoms with Crippen molar-refractivity contribution in [3.05, 3.63) is 81.8 Å². The molecule has 0 aliphatic carbocycles. The zero-order valence-electron chi connectivity index (χ0n) is 11.8. The maximum absolute atomic E-state index is 9.59. The summed E-state index contributed by atoms with van der Waals surface area (Å²) in [7, 11) is 0. The third kappa shape index (κ3) is 2.81. The number of nitriles is 1. The summed E-state index contributed by atoms with van der Waals surface area (Å²) in [5.41, 5.74) is 1.84. The van der Waals surface area contributed by atoms with Crippen molar-refractivity contribution < 1.29 is 0 Å². The minimum Gasteiger partial charge on any atom is -0.198 e. The summed E-state index contributed by atoms with van der Waals surface area (Å²) in [4.78, 5) is 0. The molecule has 1 nitrogen and oxygen atoms in total. The summed E-state index contributed by atoms with van der Waals surface area (Å²) in [6, 6.07) is 22.0. The van der Waals surface area contributed by atoms with Crippen molar-refractivity contribution >= 4 is 34.0 Å². The average molecular weight is 326 g/mol. The molecule has 0 bridgehead atoms. The lowest BCUT2D eigenvalue weighted by atomic mass is 9.90. The van der Waals surface area contributed by atoms with Crippen molar-refractivity contribution in [2.24, 2.45) is 0 Å². The molecule has 0 saturated carbocycles. The van der Waals surface area contributed by atoms with Gasteiger partial charge in [0.1, 0.15) is 0 Å². The fourth-order valence-electron chi connectivity index (χ4n) is 2.75. The first-order valence-electron chi connectivity index (χ1n) is 7.01. The molecule has 3 heteroatoms. The van der Waals surface area contributed by atoms with Crippen molar-refractivity contribution in [2.75, 3.05) is 0 Å². The number of benzene rings is 3. The SMILES string of the molecule is N#CC(Cc1cccc2ccccc12)c1c(Cl)cccc1Cl. The zero-order valence-corrected chi connectivity index (χ0v) is 13.3. The Labute approximate surface area is 139 Å². The van der Waals surface area contributed by atoms with Crippen molar-refractivity contribution in [3.8, 4) is 6.07 Å². The molecule has 0 aliphatic rings. The van der Waals surface area contributed by atoms with Crippen LogP contribution >= 0.6 is 23.2 Å². The maximum atomic E-state index is 9.59. The minimum atomic E-state index is -0.369. The van der Waals surface area contributed by atoms with Gasteiger partial charge in [-0.2, -0.15) is 5.26 Å². The smallest absolute Gasteiger partial charge is 0.0782 e. The van der Waals surface area contributed by atoms with Gasteiger partial charge in [0.05, 0.1) is 12.0 Å². The van der Waals surface area contributed by atoms with Gasteiger partial charge in [0.15, 0.2) is 0 Å². The Kier molecular flexibility index (Phi) is 4.34. The Bertz CT molecular complexity index is 839. The molecule has 22 heavy (non-hydrogen) atoms. The lowest BCUT2D eigenvalue weighted by Gasteiger charge is -2.14. The first kappa shape index (κ1) is 14.9. The number of halogens is 2. The van der Waals surface area contributed by atoms with Gasteiger partial charge in [0, 0.05) is 15.6 Å². The summed E-state index contributed by atoms with van der Waals surface area (Å²) in [5.74, 6) is -0.369. The van der Waals surface area contributed by atoms with E-state index in [1.165, 1.54) is 5.39 Å². The van der Waals surface area contributed by atoms with Crippen LogP contribution in [0.3, 0.4) is 0 Å². The highest BCUT2D eigenvalue weighted by Gasteiger charge is 2.19. The van der Waals surface area contributed by atoms with E-state index in [1.807, 2.05) is 18.2 Å². The molecule has 3 rings (SSSR count). The van der Waals surface area contributed by atoms with Crippen LogP contribution in [0.25, 0.3) is 10.8 Å². The van der Waals surface area contributed by atoms with Gasteiger partial charge in [0.2, 0.25) is 0 Å². The maximum Gasteiger partial charge on any atom is 0.0782 e. The van der Waals surface area contributed by atoms with Gasteiger partial charge in [-0.05, 0) is 34.9 Å². The predicted molar refractivity (Wildman–Crippen MR) is 92.5 cm³/mol. The molecule has 0 spiro atoms. The number of hydrogen-bond acceptors (Lipinski definition) is 1. The molecule has 0 amide bonds. The number of rotatable bonds is 3. The lowest BCUT2D eigenvalue weighted by molar-refractivity contribution is 0.855. The van der Waals surface area contributed by atoms with Gasteiger partial charge in [-0.1, -0.05) is 71.7 Å². The fourth-order valence-corrected chi connectivity index (χ4v) is 3.41. The van der Waals surface area contributed by atoms with Crippen molar-refractivity contribution in [1.29, 1.82) is 5.26 Å². The van der Waals surface area contributed by atoms with Crippen molar-refractivity contribution in [2.45, 2.75) is 12.3 Å². The molecule has 1 unspecified atom stereocenters. The van der Waals surface area contributed by atoms with Crippen LogP contribution in [0.5, 0.6) is 0 Å². The summed E-state index contributed by atoms with van der Waals surface area (Å²) in [6.45, 7) is 0. The molecule has 3 aromatic carbocycles. The van der Waals surface area contributed by atoms with Crippen molar-refractivity contribution in [3.63, 3.8) is 0 Å². The first-order chi connectivity index (χ1) is 10.7. The van der Waals surface area contributed by atoms with Crippen LogP contribution in [0, 0.1) is 11.3 Å². The van der Waals surface area contributed by atoms with Crippen LogP contribution < -0.4 is 0 Å². The second kappa shape index (κ2) is 6.40. The highest BCUT2D eigenvalue weighted by Crippen LogP contribution is 2.34. The Morgan fingerprint density at radius 2 is 1.50 bits per heavy atom. The third-order valence-corrected chi connectivity index (χ3v) is 4.47. The second-order valence-corrected chi connectivity index (χ2v) is 5.97. The Balaban J connectivity index is 2.05. The highest BCUT2D eigenvalue weighted by atomic mass is 35.5. The van der Waals surface area contributed by atoms with E-state index in [0.29, 0.717) is 22.0 Å². The van der Waals surface area contributed by atoms with Gasteiger partial charge in [-0.3, -0.25) is 0 Å².